The number of nitrogens with one attached hydrogen (secondary N) is 1. The number of nitrogens with zero attached hydrogens (tertiary/aromatic N) is 3. The zero-order valence-electron chi connectivity index (χ0n) is 26.0. The van der Waals surface area contributed by atoms with Crippen LogP contribution in [0, 0.1) is 5.92 Å². The topological polar surface area (TPSA) is 67.7 Å². The van der Waals surface area contributed by atoms with E-state index in [1.54, 1.807) is 7.11 Å². The van der Waals surface area contributed by atoms with Crippen molar-refractivity contribution in [3.05, 3.63) is 0 Å². The summed E-state index contributed by atoms with van der Waals surface area (Å²) in [6.07, 6.45) is 4.17. The van der Waals surface area contributed by atoms with Crippen molar-refractivity contribution in [2.45, 2.75) is 145 Å². The van der Waals surface area contributed by atoms with Gasteiger partial charge in [-0.2, -0.15) is 0 Å². The van der Waals surface area contributed by atoms with Crippen LogP contribution in [0.1, 0.15) is 109 Å². The lowest BCUT2D eigenvalue weighted by Crippen LogP contribution is -2.50. The third-order valence-corrected chi connectivity index (χ3v) is 8.38. The second kappa shape index (κ2) is 18.3. The number of hydrogen-bond acceptors (Lipinski definition) is 5. The lowest BCUT2D eigenvalue weighted by atomic mass is 10.0. The molecule has 1 N–H and O–H groups in total. The summed E-state index contributed by atoms with van der Waals surface area (Å²) in [7, 11) is -1.03. The summed E-state index contributed by atoms with van der Waals surface area (Å²) in [6, 6.07) is 1.64. The Kier molecular flexibility index (Phi) is 17.8. The zero-order valence-corrected chi connectivity index (χ0v) is 27.0. The van der Waals surface area contributed by atoms with E-state index in [4.69, 9.17) is 23.3 Å². The van der Waals surface area contributed by atoms with E-state index in [1.807, 2.05) is 27.7 Å². The van der Waals surface area contributed by atoms with Crippen LogP contribution < -0.4 is 5.32 Å². The van der Waals surface area contributed by atoms with Gasteiger partial charge in [0, 0.05) is 62.3 Å². The average Bonchev–Trinajstić information content (AvgIpc) is 2.69. The minimum Gasteiger partial charge on any atom is -0.377 e. The molecule has 8 heteroatoms. The molecule has 0 aromatic heterocycles. The second-order valence-electron chi connectivity index (χ2n) is 11.6. The van der Waals surface area contributed by atoms with Crippen molar-refractivity contribution in [2.24, 2.45) is 15.9 Å². The molecule has 0 atom stereocenters. The largest absolute Gasteiger partial charge is 0.501 e. The quantitative estimate of drug-likeness (QED) is 0.124. The fourth-order valence-corrected chi connectivity index (χ4v) is 6.83. The van der Waals surface area contributed by atoms with Gasteiger partial charge >= 0.3 is 8.80 Å². The number of hydrogen-bond donors (Lipinski definition) is 1. The van der Waals surface area contributed by atoms with Crippen molar-refractivity contribution in [2.75, 3.05) is 20.2 Å². The smallest absolute Gasteiger partial charge is 0.377 e. The summed E-state index contributed by atoms with van der Waals surface area (Å²) in [5.74, 6) is 1.60. The third-order valence-electron chi connectivity index (χ3n) is 5.13. The Hall–Kier alpha value is -0.963. The highest BCUT2D eigenvalue weighted by atomic mass is 28.4. The minimum atomic E-state index is -2.75. The maximum Gasteiger partial charge on any atom is 0.501 e. The fraction of sp³-hybridized carbons (Fsp3) is 0.929. The van der Waals surface area contributed by atoms with Gasteiger partial charge in [0.25, 0.3) is 0 Å². The molecule has 0 radical (unpaired) electrons. The summed E-state index contributed by atoms with van der Waals surface area (Å²) in [5, 5.41) is 3.60. The molecule has 0 amide bonds. The van der Waals surface area contributed by atoms with E-state index >= 15 is 0 Å². The SMILES string of the molecule is CO[Si](CCCN(CCCC(CC(C)C)=NC(C)C)C(=NC(C)C)NC(C)C)(OC(C)C)OC(C)C. The van der Waals surface area contributed by atoms with Crippen LogP contribution >= 0.6 is 0 Å². The maximum atomic E-state index is 6.27. The summed E-state index contributed by atoms with van der Waals surface area (Å²) in [5.41, 5.74) is 1.33. The van der Waals surface area contributed by atoms with Crippen molar-refractivity contribution in [3.8, 4) is 0 Å². The van der Waals surface area contributed by atoms with Crippen LogP contribution in [-0.4, -0.2) is 75.9 Å². The Morgan fingerprint density at radius 1 is 0.778 bits per heavy atom. The molecule has 0 aliphatic heterocycles. The van der Waals surface area contributed by atoms with Crippen LogP contribution in [0.2, 0.25) is 6.04 Å². The highest BCUT2D eigenvalue weighted by Crippen LogP contribution is 2.22. The fourth-order valence-electron chi connectivity index (χ4n) is 4.11. The summed E-state index contributed by atoms with van der Waals surface area (Å²) >= 11 is 0. The van der Waals surface area contributed by atoms with Gasteiger partial charge in [-0.15, -0.1) is 0 Å². The van der Waals surface area contributed by atoms with Crippen molar-refractivity contribution >= 4 is 20.5 Å². The lowest BCUT2D eigenvalue weighted by molar-refractivity contribution is 0.0321. The second-order valence-corrected chi connectivity index (χ2v) is 14.4. The highest BCUT2D eigenvalue weighted by molar-refractivity contribution is 6.60. The first-order valence-corrected chi connectivity index (χ1v) is 16.2. The Balaban J connectivity index is 5.64. The predicted octanol–water partition coefficient (Wildman–Crippen LogP) is 6.55. The van der Waals surface area contributed by atoms with Crippen LogP contribution in [0.3, 0.4) is 0 Å². The van der Waals surface area contributed by atoms with E-state index in [2.05, 4.69) is 65.6 Å². The van der Waals surface area contributed by atoms with E-state index in [-0.39, 0.29) is 18.2 Å². The first-order chi connectivity index (χ1) is 16.7. The maximum absolute atomic E-state index is 6.27. The standard InChI is InChI=1S/C28H60N4O3Si/c1-21(2)20-27(29-22(3)4)16-14-17-32(28(30-23(5)6)31-24(7)8)18-15-19-36(33-13,34-25(9)10)35-26(11)12/h21-26H,14-20H2,1-13H3,(H,30,31). The van der Waals surface area contributed by atoms with E-state index in [0.717, 1.165) is 50.8 Å². The van der Waals surface area contributed by atoms with Crippen LogP contribution in [0.25, 0.3) is 0 Å². The van der Waals surface area contributed by atoms with Crippen molar-refractivity contribution in [1.82, 2.24) is 10.2 Å². The molecule has 0 bridgehead atoms. The lowest BCUT2D eigenvalue weighted by Gasteiger charge is -2.33. The molecular formula is C28H60N4O3Si. The van der Waals surface area contributed by atoms with Gasteiger partial charge in [0.2, 0.25) is 0 Å². The summed E-state index contributed by atoms with van der Waals surface area (Å²) in [6.45, 7) is 27.4. The molecule has 36 heavy (non-hydrogen) atoms. The number of rotatable bonds is 18. The predicted molar refractivity (Wildman–Crippen MR) is 158 cm³/mol. The van der Waals surface area contributed by atoms with E-state index in [9.17, 15) is 0 Å². The van der Waals surface area contributed by atoms with Crippen LogP contribution in [0.15, 0.2) is 9.98 Å². The highest BCUT2D eigenvalue weighted by Gasteiger charge is 2.41. The number of guanidine groups is 1. The molecule has 0 aliphatic rings. The van der Waals surface area contributed by atoms with Crippen LogP contribution in [0.4, 0.5) is 0 Å². The van der Waals surface area contributed by atoms with E-state index in [0.29, 0.717) is 18.0 Å². The average molecular weight is 529 g/mol. The summed E-state index contributed by atoms with van der Waals surface area (Å²) < 4.78 is 18.5. The third kappa shape index (κ3) is 16.7. The Labute approximate surface area is 225 Å². The van der Waals surface area contributed by atoms with E-state index < -0.39 is 8.80 Å². The molecule has 0 aromatic rings. The molecule has 0 heterocycles. The normalized spacial score (nSPS) is 13.9. The van der Waals surface area contributed by atoms with Crippen molar-refractivity contribution < 1.29 is 13.3 Å². The molecule has 7 nitrogen and oxygen atoms in total. The molecule has 0 aromatic carbocycles. The van der Waals surface area contributed by atoms with Crippen molar-refractivity contribution in [1.29, 1.82) is 0 Å². The molecule has 0 fully saturated rings. The van der Waals surface area contributed by atoms with Crippen LogP contribution in [-0.2, 0) is 13.3 Å². The van der Waals surface area contributed by atoms with Crippen LogP contribution in [0.5, 0.6) is 0 Å². The Morgan fingerprint density at radius 3 is 1.72 bits per heavy atom. The van der Waals surface area contributed by atoms with E-state index in [1.165, 1.54) is 5.71 Å². The monoisotopic (exact) mass is 528 g/mol. The molecule has 0 aliphatic carbocycles. The molecule has 0 saturated carbocycles. The molecular weight excluding hydrogens is 468 g/mol. The van der Waals surface area contributed by atoms with Gasteiger partial charge in [-0.25, -0.2) is 0 Å². The molecule has 214 valence electrons. The molecule has 0 spiro atoms. The zero-order chi connectivity index (χ0) is 27.9. The van der Waals surface area contributed by atoms with Gasteiger partial charge in [-0.1, -0.05) is 13.8 Å². The Bertz CT molecular complexity index is 624. The van der Waals surface area contributed by atoms with Gasteiger partial charge in [0.15, 0.2) is 5.96 Å². The molecule has 0 rings (SSSR count). The van der Waals surface area contributed by atoms with Gasteiger partial charge in [0.05, 0.1) is 0 Å². The first kappa shape index (κ1) is 35.0. The Morgan fingerprint density at radius 2 is 1.31 bits per heavy atom. The molecule has 0 unspecified atom stereocenters. The van der Waals surface area contributed by atoms with Gasteiger partial charge in [-0.05, 0) is 101 Å². The van der Waals surface area contributed by atoms with Crippen molar-refractivity contribution in [3.63, 3.8) is 0 Å². The van der Waals surface area contributed by atoms with Gasteiger partial charge in [-0.3, -0.25) is 9.98 Å². The first-order valence-electron chi connectivity index (χ1n) is 14.2. The summed E-state index contributed by atoms with van der Waals surface area (Å²) in [4.78, 5) is 12.3. The number of aliphatic imine (C=N–C) groups is 2. The minimum absolute atomic E-state index is 0.0618. The van der Waals surface area contributed by atoms with Gasteiger partial charge < -0.3 is 23.5 Å². The molecule has 0 saturated heterocycles. The van der Waals surface area contributed by atoms with Gasteiger partial charge in [0.1, 0.15) is 0 Å².